The summed E-state index contributed by atoms with van der Waals surface area (Å²) in [5.74, 6) is -0.210. The Balaban J connectivity index is 2.15. The minimum absolute atomic E-state index is 0.210. The maximum Gasteiger partial charge on any atom is 0.502 e. The molecule has 3 rings (SSSR count). The second kappa shape index (κ2) is 3.06. The summed E-state index contributed by atoms with van der Waals surface area (Å²) in [4.78, 5) is 0. The van der Waals surface area contributed by atoms with Crippen molar-refractivity contribution in [1.29, 1.82) is 0 Å². The largest absolute Gasteiger partial charge is 0.506 e. The normalized spacial score (nSPS) is 30.9. The Morgan fingerprint density at radius 2 is 2.12 bits per heavy atom. The molecule has 1 fully saturated rings. The number of hydrogen-bond donors (Lipinski definition) is 0. The van der Waals surface area contributed by atoms with Gasteiger partial charge in [0.25, 0.3) is 0 Å². The predicted molar refractivity (Wildman–Crippen MR) is 59.5 cm³/mol. The quantitative estimate of drug-likeness (QED) is 0.600. The van der Waals surface area contributed by atoms with Gasteiger partial charge in [-0.05, 0) is 17.7 Å². The molecule has 1 saturated heterocycles. The summed E-state index contributed by atoms with van der Waals surface area (Å²) < 4.78 is 25.6. The van der Waals surface area contributed by atoms with E-state index < -0.39 is 6.69 Å². The average molecular weight is 223 g/mol. The summed E-state index contributed by atoms with van der Waals surface area (Å²) in [6.45, 7) is 0.617. The summed E-state index contributed by atoms with van der Waals surface area (Å²) in [5.41, 5.74) is 1.96. The van der Waals surface area contributed by atoms with Crippen molar-refractivity contribution in [2.45, 2.75) is 6.61 Å². The van der Waals surface area contributed by atoms with Crippen LogP contribution in [0.4, 0.5) is 4.39 Å². The predicted octanol–water partition coefficient (Wildman–Crippen LogP) is 0.608. The second-order valence-electron chi connectivity index (χ2n) is 5.20. The lowest BCUT2D eigenvalue weighted by Crippen LogP contribution is -2.68. The van der Waals surface area contributed by atoms with E-state index in [2.05, 4.69) is 14.1 Å². The smallest absolute Gasteiger partial charge is 0.502 e. The summed E-state index contributed by atoms with van der Waals surface area (Å²) in [6, 6.07) is 4.84. The van der Waals surface area contributed by atoms with Crippen LogP contribution in [0.2, 0.25) is 0 Å². The molecule has 1 aromatic rings. The molecule has 2 aliphatic rings. The third kappa shape index (κ3) is 1.13. The van der Waals surface area contributed by atoms with Crippen LogP contribution in [0.1, 0.15) is 5.56 Å². The minimum Gasteiger partial charge on any atom is -0.506 e. The maximum atomic E-state index is 13.1. The van der Waals surface area contributed by atoms with Gasteiger partial charge in [-0.25, -0.2) is 4.39 Å². The number of hydrogen-bond acceptors (Lipinski definition) is 2. The fraction of sp³-hybridized carbons (Fsp3) is 0.455. The molecule has 86 valence electrons. The summed E-state index contributed by atoms with van der Waals surface area (Å²) in [6.07, 6.45) is 0. The molecule has 16 heavy (non-hydrogen) atoms. The fourth-order valence-corrected chi connectivity index (χ4v) is 2.88. The highest BCUT2D eigenvalue weighted by atomic mass is 19.1. The van der Waals surface area contributed by atoms with E-state index in [0.717, 1.165) is 17.6 Å². The van der Waals surface area contributed by atoms with E-state index in [0.29, 0.717) is 17.6 Å². The molecule has 2 aliphatic heterocycles. The topological polar surface area (TPSA) is 18.5 Å². The number of benzene rings is 1. The van der Waals surface area contributed by atoms with Crippen molar-refractivity contribution < 1.29 is 18.1 Å². The van der Waals surface area contributed by atoms with Gasteiger partial charge in [0, 0.05) is 20.7 Å². The molecule has 0 bridgehead atoms. The van der Waals surface area contributed by atoms with Crippen LogP contribution in [0.15, 0.2) is 18.2 Å². The zero-order chi connectivity index (χ0) is 11.4. The Labute approximate surface area is 94.4 Å². The van der Waals surface area contributed by atoms with E-state index in [9.17, 15) is 4.39 Å². The zero-order valence-electron chi connectivity index (χ0n) is 9.57. The number of rotatable bonds is 0. The van der Waals surface area contributed by atoms with Gasteiger partial charge >= 0.3 is 6.69 Å². The van der Waals surface area contributed by atoms with Crippen LogP contribution in [0.5, 0.6) is 0 Å². The van der Waals surface area contributed by atoms with Crippen molar-refractivity contribution in [2.24, 2.45) is 0 Å². The first kappa shape index (κ1) is 10.3. The lowest BCUT2D eigenvalue weighted by Gasteiger charge is -2.45. The standard InChI is InChI=1S/C11H15BFNO2/c1-14(2)5-6-15-12(14)11-4-3-10(13)7-9(11)8-16-12/h3-4,7H,5-6,8H2,1-2H3. The average Bonchev–Trinajstić information content (AvgIpc) is 2.71. The van der Waals surface area contributed by atoms with Crippen LogP contribution in [0, 0.1) is 5.82 Å². The van der Waals surface area contributed by atoms with Gasteiger partial charge in [0.2, 0.25) is 0 Å². The number of fused-ring (bicyclic) bond motifs is 2. The Hall–Kier alpha value is -0.905. The third-order valence-electron chi connectivity index (χ3n) is 3.89. The van der Waals surface area contributed by atoms with Gasteiger partial charge in [-0.1, -0.05) is 11.5 Å². The number of nitrogens with zero attached hydrogens (tertiary/aromatic N) is 1. The number of quaternary nitrogens is 1. The fourth-order valence-electron chi connectivity index (χ4n) is 2.88. The van der Waals surface area contributed by atoms with E-state index in [1.54, 1.807) is 6.07 Å². The molecule has 0 aliphatic carbocycles. The van der Waals surface area contributed by atoms with Crippen molar-refractivity contribution in [3.05, 3.63) is 29.6 Å². The molecule has 1 unspecified atom stereocenters. The molecule has 0 amide bonds. The van der Waals surface area contributed by atoms with Gasteiger partial charge in [-0.3, -0.25) is 0 Å². The first-order valence-corrected chi connectivity index (χ1v) is 5.59. The molecule has 5 heteroatoms. The summed E-state index contributed by atoms with van der Waals surface area (Å²) in [7, 11) is 4.21. The second-order valence-corrected chi connectivity index (χ2v) is 5.20. The molecule has 0 N–H and O–H groups in total. The molecular weight excluding hydrogens is 208 g/mol. The van der Waals surface area contributed by atoms with Crippen molar-refractivity contribution in [1.82, 2.24) is 0 Å². The van der Waals surface area contributed by atoms with E-state index >= 15 is 0 Å². The SMILES string of the molecule is C[N+]1(C)CCO[B-]12OCc1cc(F)ccc12. The van der Waals surface area contributed by atoms with Crippen LogP contribution in [-0.4, -0.2) is 38.3 Å². The van der Waals surface area contributed by atoms with Crippen molar-refractivity contribution in [3.63, 3.8) is 0 Å². The Morgan fingerprint density at radius 1 is 1.31 bits per heavy atom. The van der Waals surface area contributed by atoms with Gasteiger partial charge in [0.05, 0.1) is 13.2 Å². The summed E-state index contributed by atoms with van der Waals surface area (Å²) >= 11 is 0. The minimum atomic E-state index is -1.46. The highest BCUT2D eigenvalue weighted by molar-refractivity contribution is 6.76. The van der Waals surface area contributed by atoms with E-state index in [1.807, 2.05) is 6.07 Å². The van der Waals surface area contributed by atoms with Gasteiger partial charge in [0.15, 0.2) is 0 Å². The van der Waals surface area contributed by atoms with Gasteiger partial charge < -0.3 is 13.7 Å². The zero-order valence-corrected chi connectivity index (χ0v) is 9.57. The van der Waals surface area contributed by atoms with Crippen LogP contribution < -0.4 is 5.46 Å². The molecule has 3 nitrogen and oxygen atoms in total. The van der Waals surface area contributed by atoms with Crippen LogP contribution in [0.3, 0.4) is 0 Å². The first-order chi connectivity index (χ1) is 7.55. The highest BCUT2D eigenvalue weighted by Crippen LogP contribution is 2.31. The van der Waals surface area contributed by atoms with Crippen LogP contribution in [0.25, 0.3) is 0 Å². The van der Waals surface area contributed by atoms with Crippen LogP contribution >= 0.6 is 0 Å². The van der Waals surface area contributed by atoms with E-state index in [-0.39, 0.29) is 5.82 Å². The molecule has 1 aromatic carbocycles. The van der Waals surface area contributed by atoms with Crippen molar-refractivity contribution >= 4 is 12.1 Å². The molecule has 0 saturated carbocycles. The molecule has 1 spiro atoms. The van der Waals surface area contributed by atoms with Crippen LogP contribution in [-0.2, 0) is 15.9 Å². The van der Waals surface area contributed by atoms with Crippen molar-refractivity contribution in [3.8, 4) is 0 Å². The number of halogens is 1. The Kier molecular flexibility index (Phi) is 1.96. The summed E-state index contributed by atoms with van der Waals surface area (Å²) in [5, 5.41) is 0. The third-order valence-corrected chi connectivity index (χ3v) is 3.89. The van der Waals surface area contributed by atoms with Gasteiger partial charge in [-0.2, -0.15) is 0 Å². The lowest BCUT2D eigenvalue weighted by atomic mass is 9.61. The number of likely N-dealkylation sites (N-methyl/N-ethyl adjacent to an activating group) is 1. The van der Waals surface area contributed by atoms with E-state index in [4.69, 9.17) is 9.31 Å². The van der Waals surface area contributed by atoms with E-state index in [1.165, 1.54) is 6.07 Å². The molecule has 0 radical (unpaired) electrons. The van der Waals surface area contributed by atoms with Gasteiger partial charge in [0.1, 0.15) is 5.82 Å². The Bertz CT molecular complexity index is 452. The van der Waals surface area contributed by atoms with Crippen molar-refractivity contribution in [2.75, 3.05) is 27.2 Å². The Morgan fingerprint density at radius 3 is 2.81 bits per heavy atom. The molecule has 1 atom stereocenters. The first-order valence-electron chi connectivity index (χ1n) is 5.59. The molecular formula is C11H15BFNO2. The molecule has 0 aromatic heterocycles. The monoisotopic (exact) mass is 223 g/mol. The van der Waals surface area contributed by atoms with Gasteiger partial charge in [-0.15, -0.1) is 0 Å². The lowest BCUT2D eigenvalue weighted by molar-refractivity contribution is -0.791. The molecule has 2 heterocycles. The highest BCUT2D eigenvalue weighted by Gasteiger charge is 2.55. The maximum absolute atomic E-state index is 13.1.